The van der Waals surface area contributed by atoms with Crippen molar-refractivity contribution in [3.05, 3.63) is 106 Å². The molecule has 0 radical (unpaired) electrons. The van der Waals surface area contributed by atoms with Crippen LogP contribution in [0.2, 0.25) is 0 Å². The molecule has 1 saturated heterocycles. The Balaban J connectivity index is 1.20. The number of hydrogen-bond donors (Lipinski definition) is 0. The molecule has 0 spiro atoms. The zero-order chi connectivity index (χ0) is 32.3. The highest BCUT2D eigenvalue weighted by Gasteiger charge is 2.57. The standard InChI is InChI=1S/C32H23F5N6O3/c33-21-22(34)24(36)29(25(37)23(21)35)42-31(45)27-30(32(42)46)41(40-38-27)15-20(44)43-28(17-10-5-2-6-11-17)19-13-7-12-18(26(19)39-43)14-16-8-3-1-4-9-16/h1-6,8-11,14,19,27-28,30H,7,12-13,15H2/b18-14-. The van der Waals surface area contributed by atoms with E-state index in [1.54, 1.807) is 0 Å². The van der Waals surface area contributed by atoms with Gasteiger partial charge in [-0.3, -0.25) is 19.4 Å². The number of carbonyl (C=O) groups excluding carboxylic acids is 3. The van der Waals surface area contributed by atoms with Crippen molar-refractivity contribution in [1.29, 1.82) is 0 Å². The summed E-state index contributed by atoms with van der Waals surface area (Å²) < 4.78 is 70.7. The largest absolute Gasteiger partial charge is 0.271 e. The second kappa shape index (κ2) is 11.3. The minimum Gasteiger partial charge on any atom is -0.271 e. The molecule has 3 aromatic carbocycles. The van der Waals surface area contributed by atoms with E-state index < -0.39 is 77.2 Å². The summed E-state index contributed by atoms with van der Waals surface area (Å²) in [5, 5.41) is 14.5. The summed E-state index contributed by atoms with van der Waals surface area (Å²) in [5.74, 6) is -15.2. The van der Waals surface area contributed by atoms with E-state index in [9.17, 15) is 36.3 Å². The fourth-order valence-electron chi connectivity index (χ4n) is 6.52. The number of anilines is 1. The number of amides is 3. The number of imide groups is 1. The predicted molar refractivity (Wildman–Crippen MR) is 153 cm³/mol. The maximum Gasteiger partial charge on any atom is 0.264 e. The van der Waals surface area contributed by atoms with Crippen LogP contribution in [0.4, 0.5) is 27.6 Å². The topological polar surface area (TPSA) is 98.0 Å². The Labute approximate surface area is 258 Å². The molecule has 0 bridgehead atoms. The Morgan fingerprint density at radius 2 is 1.46 bits per heavy atom. The van der Waals surface area contributed by atoms with Crippen molar-refractivity contribution in [2.24, 2.45) is 21.4 Å². The normalized spacial score (nSPS) is 24.6. The van der Waals surface area contributed by atoms with Crippen LogP contribution in [0.1, 0.15) is 36.4 Å². The van der Waals surface area contributed by atoms with Crippen LogP contribution in [0.3, 0.4) is 0 Å². The molecule has 0 aromatic heterocycles. The second-order valence-corrected chi connectivity index (χ2v) is 11.3. The molecule has 4 aliphatic rings. The molecular formula is C32H23F5N6O3. The first kappa shape index (κ1) is 29.4. The summed E-state index contributed by atoms with van der Waals surface area (Å²) >= 11 is 0. The molecule has 7 rings (SSSR count). The molecular weight excluding hydrogens is 611 g/mol. The van der Waals surface area contributed by atoms with Gasteiger partial charge in [-0.2, -0.15) is 10.2 Å². The zero-order valence-corrected chi connectivity index (χ0v) is 23.8. The summed E-state index contributed by atoms with van der Waals surface area (Å²) in [6.45, 7) is -0.612. The molecule has 1 aliphatic carbocycles. The average molecular weight is 635 g/mol. The Kier molecular flexibility index (Phi) is 7.21. The van der Waals surface area contributed by atoms with Gasteiger partial charge in [-0.15, -0.1) is 0 Å². The molecule has 4 atom stereocenters. The van der Waals surface area contributed by atoms with E-state index >= 15 is 0 Å². The highest BCUT2D eigenvalue weighted by Crippen LogP contribution is 2.45. The van der Waals surface area contributed by atoms with Crippen molar-refractivity contribution >= 4 is 35.2 Å². The van der Waals surface area contributed by atoms with Crippen molar-refractivity contribution < 1.29 is 36.3 Å². The minimum atomic E-state index is -2.44. The van der Waals surface area contributed by atoms with Crippen LogP contribution in [0.15, 0.2) is 81.7 Å². The number of fused-ring (bicyclic) bond motifs is 2. The summed E-state index contributed by atoms with van der Waals surface area (Å²) in [5.41, 5.74) is 1.83. The third-order valence-electron chi connectivity index (χ3n) is 8.60. The highest BCUT2D eigenvalue weighted by atomic mass is 19.2. The zero-order valence-electron chi connectivity index (χ0n) is 23.8. The smallest absolute Gasteiger partial charge is 0.264 e. The lowest BCUT2D eigenvalue weighted by Crippen LogP contribution is -2.45. The molecule has 3 aliphatic heterocycles. The van der Waals surface area contributed by atoms with Gasteiger partial charge in [0.2, 0.25) is 5.82 Å². The van der Waals surface area contributed by atoms with Gasteiger partial charge in [0, 0.05) is 5.92 Å². The number of hydrazone groups is 1. The molecule has 46 heavy (non-hydrogen) atoms. The van der Waals surface area contributed by atoms with E-state index in [2.05, 4.69) is 10.3 Å². The van der Waals surface area contributed by atoms with Gasteiger partial charge in [0.25, 0.3) is 17.7 Å². The van der Waals surface area contributed by atoms with Crippen molar-refractivity contribution in [3.8, 4) is 0 Å². The van der Waals surface area contributed by atoms with Crippen LogP contribution >= 0.6 is 0 Å². The van der Waals surface area contributed by atoms with E-state index in [0.29, 0.717) is 0 Å². The first-order valence-corrected chi connectivity index (χ1v) is 14.5. The molecule has 3 amide bonds. The molecule has 3 heterocycles. The monoisotopic (exact) mass is 634 g/mol. The minimum absolute atomic E-state index is 0.126. The number of rotatable bonds is 5. The number of benzene rings is 3. The van der Waals surface area contributed by atoms with Crippen LogP contribution in [0.5, 0.6) is 0 Å². The van der Waals surface area contributed by atoms with Gasteiger partial charge in [0.15, 0.2) is 35.4 Å². The molecule has 2 fully saturated rings. The second-order valence-electron chi connectivity index (χ2n) is 11.3. The summed E-state index contributed by atoms with van der Waals surface area (Å²) in [6, 6.07) is 15.2. The highest BCUT2D eigenvalue weighted by molar-refractivity contribution is 6.25. The molecule has 14 heteroatoms. The fourth-order valence-corrected chi connectivity index (χ4v) is 6.52. The lowest BCUT2D eigenvalue weighted by Gasteiger charge is -2.30. The van der Waals surface area contributed by atoms with Crippen molar-refractivity contribution in [2.45, 2.75) is 37.4 Å². The number of allylic oxidation sites excluding steroid dienone is 1. The van der Waals surface area contributed by atoms with Crippen molar-refractivity contribution in [2.75, 3.05) is 11.4 Å². The lowest BCUT2D eigenvalue weighted by atomic mass is 9.77. The SMILES string of the molecule is O=C1C2N=NN(CC(=O)N3N=C4/C(=C\c5ccccc5)CCCC4C3c3ccccc3)C2C(=O)N1c1c(F)c(F)c(F)c(F)c1F. The number of halogens is 5. The summed E-state index contributed by atoms with van der Waals surface area (Å²) in [7, 11) is 0. The maximum atomic E-state index is 14.6. The predicted octanol–water partition coefficient (Wildman–Crippen LogP) is 5.50. The Morgan fingerprint density at radius 3 is 2.13 bits per heavy atom. The van der Waals surface area contributed by atoms with Gasteiger partial charge in [-0.25, -0.2) is 31.9 Å². The van der Waals surface area contributed by atoms with Crippen molar-refractivity contribution in [3.63, 3.8) is 0 Å². The molecule has 0 N–H and O–H groups in total. The fraction of sp³-hybridized carbons (Fsp3) is 0.250. The first-order valence-electron chi connectivity index (χ1n) is 14.5. The van der Waals surface area contributed by atoms with Gasteiger partial charge in [0.1, 0.15) is 12.2 Å². The van der Waals surface area contributed by atoms with Gasteiger partial charge in [-0.05, 0) is 42.0 Å². The Bertz CT molecular complexity index is 1840. The molecule has 3 aromatic rings. The van der Waals surface area contributed by atoms with Gasteiger partial charge >= 0.3 is 0 Å². The van der Waals surface area contributed by atoms with Crippen LogP contribution in [-0.4, -0.2) is 52.1 Å². The maximum absolute atomic E-state index is 14.6. The summed E-state index contributed by atoms with van der Waals surface area (Å²) in [6.07, 6.45) is 4.41. The van der Waals surface area contributed by atoms with E-state index in [1.807, 2.05) is 66.7 Å². The van der Waals surface area contributed by atoms with Crippen LogP contribution in [0, 0.1) is 35.0 Å². The number of carbonyl (C=O) groups is 3. The van der Waals surface area contributed by atoms with E-state index in [-0.39, 0.29) is 10.8 Å². The third kappa shape index (κ3) is 4.58. The summed E-state index contributed by atoms with van der Waals surface area (Å²) in [4.78, 5) is 40.2. The van der Waals surface area contributed by atoms with Crippen LogP contribution in [-0.2, 0) is 14.4 Å². The van der Waals surface area contributed by atoms with Crippen LogP contribution < -0.4 is 4.90 Å². The third-order valence-corrected chi connectivity index (χ3v) is 8.60. The average Bonchev–Trinajstić information content (AvgIpc) is 3.74. The van der Waals surface area contributed by atoms with E-state index in [0.717, 1.165) is 46.7 Å². The van der Waals surface area contributed by atoms with Gasteiger partial charge in [0.05, 0.1) is 11.8 Å². The Morgan fingerprint density at radius 1 is 0.826 bits per heavy atom. The molecule has 9 nitrogen and oxygen atoms in total. The molecule has 4 unspecified atom stereocenters. The van der Waals surface area contributed by atoms with E-state index in [4.69, 9.17) is 5.10 Å². The Hall–Kier alpha value is -5.27. The first-order chi connectivity index (χ1) is 22.2. The van der Waals surface area contributed by atoms with Crippen molar-refractivity contribution in [1.82, 2.24) is 10.0 Å². The number of hydrogen-bond acceptors (Lipinski definition) is 7. The van der Waals surface area contributed by atoms with Gasteiger partial charge < -0.3 is 0 Å². The van der Waals surface area contributed by atoms with E-state index in [1.165, 1.54) is 5.01 Å². The molecule has 1 saturated carbocycles. The molecule has 234 valence electrons. The number of nitrogens with zero attached hydrogens (tertiary/aromatic N) is 6. The lowest BCUT2D eigenvalue weighted by molar-refractivity contribution is -0.136. The van der Waals surface area contributed by atoms with Crippen LogP contribution in [0.25, 0.3) is 6.08 Å². The van der Waals surface area contributed by atoms with Gasteiger partial charge in [-0.1, -0.05) is 65.9 Å². The quantitative estimate of drug-likeness (QED) is 0.160.